The summed E-state index contributed by atoms with van der Waals surface area (Å²) < 4.78 is 4.84. The summed E-state index contributed by atoms with van der Waals surface area (Å²) in [6, 6.07) is 5.55. The number of aromatic hydroxyl groups is 1. The first kappa shape index (κ1) is 28.4. The molecule has 0 aliphatic heterocycles. The molecule has 0 heterocycles. The van der Waals surface area contributed by atoms with Gasteiger partial charge in [0.05, 0.1) is 12.7 Å². The Kier molecular flexibility index (Phi) is 7.59. The Morgan fingerprint density at radius 1 is 1.10 bits per heavy atom. The standard InChI is InChI=1S/C32H42N2O6/c1-30-14-11-22(18-21(30)7-10-24-25(30)12-15-31(2)26(24)13-16-32(31,3)38)34-40-19-28(36)33-27(29(37)39-4)17-20-5-8-23(35)9-6-20/h5-6,8-9,11,14,18,24-27,35,38H,7,10,12-13,15-17,19H2,1-4H3,(H,33,36). The van der Waals surface area contributed by atoms with Crippen LogP contribution in [0.15, 0.2) is 53.2 Å². The van der Waals surface area contributed by atoms with Crippen molar-refractivity contribution in [3.05, 3.63) is 53.6 Å². The lowest BCUT2D eigenvalue weighted by atomic mass is 9.47. The third-order valence-corrected chi connectivity index (χ3v) is 10.7. The first-order valence-electron chi connectivity index (χ1n) is 14.4. The molecule has 3 N–H and O–H groups in total. The maximum atomic E-state index is 12.6. The highest BCUT2D eigenvalue weighted by atomic mass is 16.6. The van der Waals surface area contributed by atoms with E-state index in [-0.39, 0.29) is 29.6 Å². The lowest BCUT2D eigenvalue weighted by Crippen LogP contribution is -2.53. The number of phenols is 1. The summed E-state index contributed by atoms with van der Waals surface area (Å²) in [4.78, 5) is 30.2. The number of rotatable bonds is 7. The fourth-order valence-electron chi connectivity index (χ4n) is 8.11. The van der Waals surface area contributed by atoms with Gasteiger partial charge in [-0.1, -0.05) is 42.8 Å². The first-order chi connectivity index (χ1) is 19.0. The molecule has 3 fully saturated rings. The van der Waals surface area contributed by atoms with E-state index in [4.69, 9.17) is 9.57 Å². The van der Waals surface area contributed by atoms with Crippen LogP contribution in [-0.4, -0.2) is 53.2 Å². The number of allylic oxidation sites excluding steroid dienone is 4. The van der Waals surface area contributed by atoms with E-state index in [9.17, 15) is 19.8 Å². The van der Waals surface area contributed by atoms with Gasteiger partial charge in [-0.3, -0.25) is 4.79 Å². The molecule has 3 saturated carbocycles. The summed E-state index contributed by atoms with van der Waals surface area (Å²) in [5.74, 6) is 0.809. The quantitative estimate of drug-likeness (QED) is 0.341. The number of esters is 1. The Morgan fingerprint density at radius 2 is 1.82 bits per heavy atom. The van der Waals surface area contributed by atoms with E-state index < -0.39 is 23.5 Å². The van der Waals surface area contributed by atoms with E-state index in [1.54, 1.807) is 12.1 Å². The fraction of sp³-hybridized carbons (Fsp3) is 0.594. The van der Waals surface area contributed by atoms with Gasteiger partial charge in [-0.15, -0.1) is 0 Å². The Bertz CT molecular complexity index is 1230. The number of hydrogen-bond donors (Lipinski definition) is 3. The summed E-state index contributed by atoms with van der Waals surface area (Å²) in [5.41, 5.74) is 2.20. The van der Waals surface area contributed by atoms with Crippen molar-refractivity contribution in [2.45, 2.75) is 77.4 Å². The topological polar surface area (TPSA) is 117 Å². The first-order valence-corrected chi connectivity index (χ1v) is 14.4. The van der Waals surface area contributed by atoms with E-state index in [0.29, 0.717) is 23.5 Å². The molecule has 0 spiro atoms. The number of benzene rings is 1. The van der Waals surface area contributed by atoms with Crippen molar-refractivity contribution < 1.29 is 29.4 Å². The molecular formula is C32H42N2O6. The van der Waals surface area contributed by atoms with Crippen molar-refractivity contribution in [1.82, 2.24) is 5.32 Å². The van der Waals surface area contributed by atoms with Crippen LogP contribution in [0, 0.1) is 28.6 Å². The van der Waals surface area contributed by atoms with Gasteiger partial charge in [0.15, 0.2) is 6.61 Å². The Hall–Kier alpha value is -3.13. The average Bonchev–Trinajstić information content (AvgIpc) is 3.17. The number of carbonyl (C=O) groups excluding carboxylic acids is 2. The molecule has 7 atom stereocenters. The van der Waals surface area contributed by atoms with Crippen LogP contribution in [0.4, 0.5) is 0 Å². The lowest BCUT2D eigenvalue weighted by molar-refractivity contribution is -0.145. The molecule has 8 heteroatoms. The second-order valence-electron chi connectivity index (χ2n) is 12.8. The highest BCUT2D eigenvalue weighted by Gasteiger charge is 2.62. The van der Waals surface area contributed by atoms with Crippen LogP contribution in [0.2, 0.25) is 0 Å². The van der Waals surface area contributed by atoms with Crippen LogP contribution < -0.4 is 5.32 Å². The van der Waals surface area contributed by atoms with Gasteiger partial charge < -0.3 is 25.1 Å². The number of oxime groups is 1. The number of ether oxygens (including phenoxy) is 1. The van der Waals surface area contributed by atoms with E-state index in [1.165, 1.54) is 24.8 Å². The zero-order valence-corrected chi connectivity index (χ0v) is 24.0. The number of phenolic OH excluding ortho intramolecular Hbond substituents is 1. The Morgan fingerprint density at radius 3 is 2.55 bits per heavy atom. The lowest BCUT2D eigenvalue weighted by Gasteiger charge is -2.58. The number of nitrogens with zero attached hydrogens (tertiary/aromatic N) is 1. The minimum Gasteiger partial charge on any atom is -0.508 e. The van der Waals surface area contributed by atoms with Crippen LogP contribution >= 0.6 is 0 Å². The predicted octanol–water partition coefficient (Wildman–Crippen LogP) is 4.45. The molecule has 4 aliphatic carbocycles. The van der Waals surface area contributed by atoms with Crippen LogP contribution in [-0.2, 0) is 25.6 Å². The third kappa shape index (κ3) is 5.06. The van der Waals surface area contributed by atoms with Crippen molar-refractivity contribution in [2.24, 2.45) is 33.7 Å². The molecule has 8 nitrogen and oxygen atoms in total. The SMILES string of the molecule is COC(=O)C(Cc1ccc(O)cc1)NC(=O)CON=C1C=CC2(C)C(=C1)CCC1C2CCC2(C)C1CCC2(C)O. The molecule has 216 valence electrons. The summed E-state index contributed by atoms with van der Waals surface area (Å²) in [6.07, 6.45) is 12.9. The molecule has 4 aliphatic rings. The van der Waals surface area contributed by atoms with Gasteiger partial charge in [-0.25, -0.2) is 4.79 Å². The Balaban J connectivity index is 1.19. The largest absolute Gasteiger partial charge is 0.508 e. The van der Waals surface area contributed by atoms with E-state index in [2.05, 4.69) is 36.5 Å². The van der Waals surface area contributed by atoms with Crippen LogP contribution in [0.5, 0.6) is 5.75 Å². The zero-order chi connectivity index (χ0) is 28.7. The smallest absolute Gasteiger partial charge is 0.328 e. The third-order valence-electron chi connectivity index (χ3n) is 10.7. The van der Waals surface area contributed by atoms with E-state index in [0.717, 1.165) is 44.1 Å². The second-order valence-corrected chi connectivity index (χ2v) is 12.8. The van der Waals surface area contributed by atoms with Gasteiger partial charge in [-0.2, -0.15) is 0 Å². The molecule has 0 radical (unpaired) electrons. The molecular weight excluding hydrogens is 508 g/mol. The molecule has 0 bridgehead atoms. The molecule has 40 heavy (non-hydrogen) atoms. The number of carbonyl (C=O) groups is 2. The Labute approximate surface area is 236 Å². The minimum atomic E-state index is -0.883. The highest BCUT2D eigenvalue weighted by molar-refractivity contribution is 6.05. The second kappa shape index (κ2) is 10.7. The molecule has 1 aromatic rings. The summed E-state index contributed by atoms with van der Waals surface area (Å²) in [7, 11) is 1.27. The summed E-state index contributed by atoms with van der Waals surface area (Å²) in [5, 5.41) is 27.5. The molecule has 7 unspecified atom stereocenters. The number of amides is 1. The van der Waals surface area contributed by atoms with Crippen molar-refractivity contribution in [2.75, 3.05) is 13.7 Å². The van der Waals surface area contributed by atoms with Gasteiger partial charge in [0, 0.05) is 11.8 Å². The normalized spacial score (nSPS) is 36.1. The van der Waals surface area contributed by atoms with Crippen molar-refractivity contribution in [3.63, 3.8) is 0 Å². The summed E-state index contributed by atoms with van der Waals surface area (Å²) >= 11 is 0. The van der Waals surface area contributed by atoms with Crippen LogP contribution in [0.25, 0.3) is 0 Å². The number of nitrogens with one attached hydrogen (secondary N) is 1. The summed E-state index contributed by atoms with van der Waals surface area (Å²) in [6.45, 7) is 6.36. The van der Waals surface area contributed by atoms with Crippen molar-refractivity contribution in [1.29, 1.82) is 0 Å². The van der Waals surface area contributed by atoms with E-state index >= 15 is 0 Å². The molecule has 1 amide bonds. The molecule has 1 aromatic carbocycles. The maximum absolute atomic E-state index is 12.6. The number of fused-ring (bicyclic) bond motifs is 5. The number of methoxy groups -OCH3 is 1. The van der Waals surface area contributed by atoms with Crippen molar-refractivity contribution in [3.8, 4) is 5.75 Å². The van der Waals surface area contributed by atoms with Gasteiger partial charge >= 0.3 is 5.97 Å². The highest BCUT2D eigenvalue weighted by Crippen LogP contribution is 2.66. The number of aliphatic hydroxyl groups is 1. The van der Waals surface area contributed by atoms with Gasteiger partial charge in [0.2, 0.25) is 0 Å². The van der Waals surface area contributed by atoms with E-state index in [1.807, 2.05) is 13.0 Å². The average molecular weight is 551 g/mol. The number of hydrogen-bond acceptors (Lipinski definition) is 7. The molecule has 0 saturated heterocycles. The van der Waals surface area contributed by atoms with Crippen molar-refractivity contribution >= 4 is 17.6 Å². The van der Waals surface area contributed by atoms with Gasteiger partial charge in [0.1, 0.15) is 17.5 Å². The zero-order valence-electron chi connectivity index (χ0n) is 24.0. The van der Waals surface area contributed by atoms with Crippen LogP contribution in [0.1, 0.15) is 64.9 Å². The fourth-order valence-corrected chi connectivity index (χ4v) is 8.11. The molecule has 0 aromatic heterocycles. The van der Waals surface area contributed by atoms with Gasteiger partial charge in [0.25, 0.3) is 5.91 Å². The molecule has 5 rings (SSSR count). The minimum absolute atomic E-state index is 0.00207. The monoisotopic (exact) mass is 550 g/mol. The van der Waals surface area contributed by atoms with Gasteiger partial charge in [-0.05, 0) is 98.5 Å². The predicted molar refractivity (Wildman–Crippen MR) is 151 cm³/mol. The maximum Gasteiger partial charge on any atom is 0.328 e. The van der Waals surface area contributed by atoms with Crippen LogP contribution in [0.3, 0.4) is 0 Å².